The Bertz CT molecular complexity index is 923. The van der Waals surface area contributed by atoms with Crippen LogP contribution in [0.15, 0.2) is 42.5 Å². The second-order valence-electron chi connectivity index (χ2n) is 7.14. The van der Waals surface area contributed by atoms with E-state index in [-0.39, 0.29) is 11.7 Å². The summed E-state index contributed by atoms with van der Waals surface area (Å²) in [6, 6.07) is 12.0. The minimum Gasteiger partial charge on any atom is -0.351 e. The summed E-state index contributed by atoms with van der Waals surface area (Å²) in [7, 11) is 0. The van der Waals surface area contributed by atoms with Crippen molar-refractivity contribution in [2.75, 3.05) is 26.2 Å². The van der Waals surface area contributed by atoms with Gasteiger partial charge in [-0.05, 0) is 43.5 Å². The summed E-state index contributed by atoms with van der Waals surface area (Å²) in [5.41, 5.74) is 8.86. The first kappa shape index (κ1) is 19.6. The van der Waals surface area contributed by atoms with Gasteiger partial charge < -0.3 is 15.5 Å². The predicted octanol–water partition coefficient (Wildman–Crippen LogP) is 2.76. The van der Waals surface area contributed by atoms with Gasteiger partial charge in [-0.25, -0.2) is 4.79 Å². The zero-order valence-corrected chi connectivity index (χ0v) is 16.3. The molecule has 0 radical (unpaired) electrons. The Morgan fingerprint density at radius 1 is 0.821 bits per heavy atom. The number of nitrogens with two attached hydrogens (primary N) is 1. The van der Waals surface area contributed by atoms with Crippen LogP contribution in [-0.2, 0) is 0 Å². The summed E-state index contributed by atoms with van der Waals surface area (Å²) in [4.78, 5) is 40.9. The highest BCUT2D eigenvalue weighted by atomic mass is 16.2. The number of ketones is 1. The van der Waals surface area contributed by atoms with E-state index < -0.39 is 6.03 Å². The van der Waals surface area contributed by atoms with Crippen LogP contribution < -0.4 is 5.73 Å². The summed E-state index contributed by atoms with van der Waals surface area (Å²) >= 11 is 0. The lowest BCUT2D eigenvalue weighted by Gasteiger charge is -2.22. The molecule has 0 bridgehead atoms. The highest BCUT2D eigenvalue weighted by Gasteiger charge is 2.25. The minimum atomic E-state index is -0.473. The lowest BCUT2D eigenvalue weighted by molar-refractivity contribution is 0.0758. The van der Waals surface area contributed by atoms with E-state index in [2.05, 4.69) is 0 Å². The molecule has 6 heteroatoms. The molecule has 3 rings (SSSR count). The molecule has 2 N–H and O–H groups in total. The van der Waals surface area contributed by atoms with Gasteiger partial charge in [0.2, 0.25) is 0 Å². The van der Waals surface area contributed by atoms with Gasteiger partial charge in [0.15, 0.2) is 5.78 Å². The molecule has 0 unspecified atom stereocenters. The second-order valence-corrected chi connectivity index (χ2v) is 7.14. The van der Waals surface area contributed by atoms with E-state index in [1.165, 1.54) is 0 Å². The van der Waals surface area contributed by atoms with Crippen LogP contribution in [0.3, 0.4) is 0 Å². The van der Waals surface area contributed by atoms with Crippen LogP contribution in [0, 0.1) is 13.8 Å². The molecule has 2 aromatic rings. The molecule has 1 aliphatic heterocycles. The van der Waals surface area contributed by atoms with Crippen LogP contribution in [-0.4, -0.2) is 53.7 Å². The Morgan fingerprint density at radius 3 is 2.14 bits per heavy atom. The van der Waals surface area contributed by atoms with Crippen LogP contribution in [0.5, 0.6) is 0 Å². The SMILES string of the molecule is Cc1ccc(C(=O)c2ccccc2C(=O)N2CCCN(C(N)=O)CC2)cc1C. The molecule has 0 spiro atoms. The van der Waals surface area contributed by atoms with Gasteiger partial charge in [0, 0.05) is 37.3 Å². The molecule has 0 aromatic heterocycles. The number of carbonyl (C=O) groups excluding carboxylic acids is 3. The Labute approximate surface area is 164 Å². The maximum atomic E-state index is 13.1. The maximum Gasteiger partial charge on any atom is 0.314 e. The maximum absolute atomic E-state index is 13.1. The van der Waals surface area contributed by atoms with Crippen LogP contribution in [0.4, 0.5) is 4.79 Å². The normalized spacial score (nSPS) is 14.5. The van der Waals surface area contributed by atoms with E-state index >= 15 is 0 Å². The number of hydrogen-bond donors (Lipinski definition) is 1. The number of urea groups is 1. The third kappa shape index (κ3) is 4.06. The van der Waals surface area contributed by atoms with Crippen molar-refractivity contribution >= 4 is 17.7 Å². The molecule has 6 nitrogen and oxygen atoms in total. The fourth-order valence-electron chi connectivity index (χ4n) is 3.42. The number of primary amides is 1. The van der Waals surface area contributed by atoms with Crippen LogP contribution in [0.1, 0.15) is 43.8 Å². The molecule has 28 heavy (non-hydrogen) atoms. The third-order valence-corrected chi connectivity index (χ3v) is 5.27. The lowest BCUT2D eigenvalue weighted by Crippen LogP contribution is -2.40. The van der Waals surface area contributed by atoms with Crippen LogP contribution >= 0.6 is 0 Å². The number of hydrogen-bond acceptors (Lipinski definition) is 3. The van der Waals surface area contributed by atoms with Crippen molar-refractivity contribution in [1.82, 2.24) is 9.80 Å². The molecule has 0 saturated carbocycles. The Balaban J connectivity index is 1.87. The number of benzene rings is 2. The number of amides is 3. The van der Waals surface area contributed by atoms with Gasteiger partial charge in [-0.3, -0.25) is 9.59 Å². The number of aryl methyl sites for hydroxylation is 2. The van der Waals surface area contributed by atoms with Crippen molar-refractivity contribution in [1.29, 1.82) is 0 Å². The first-order valence-corrected chi connectivity index (χ1v) is 9.43. The Hall–Kier alpha value is -3.15. The fourth-order valence-corrected chi connectivity index (χ4v) is 3.42. The van der Waals surface area contributed by atoms with Crippen LogP contribution in [0.2, 0.25) is 0 Å². The topological polar surface area (TPSA) is 83.7 Å². The van der Waals surface area contributed by atoms with Gasteiger partial charge in [-0.1, -0.05) is 30.3 Å². The van der Waals surface area contributed by atoms with Gasteiger partial charge >= 0.3 is 6.03 Å². The van der Waals surface area contributed by atoms with E-state index in [0.29, 0.717) is 49.3 Å². The van der Waals surface area contributed by atoms with Gasteiger partial charge in [-0.2, -0.15) is 0 Å². The third-order valence-electron chi connectivity index (χ3n) is 5.27. The number of carbonyl (C=O) groups is 3. The quantitative estimate of drug-likeness (QED) is 0.833. The number of nitrogens with zero attached hydrogens (tertiary/aromatic N) is 2. The van der Waals surface area contributed by atoms with Crippen molar-refractivity contribution in [3.8, 4) is 0 Å². The minimum absolute atomic E-state index is 0.166. The predicted molar refractivity (Wildman–Crippen MR) is 107 cm³/mol. The molecule has 0 atom stereocenters. The highest BCUT2D eigenvalue weighted by molar-refractivity contribution is 6.15. The largest absolute Gasteiger partial charge is 0.351 e. The van der Waals surface area contributed by atoms with E-state index in [4.69, 9.17) is 5.73 Å². The molecule has 3 amide bonds. The fraction of sp³-hybridized carbons (Fsp3) is 0.318. The number of rotatable bonds is 3. The molecule has 1 fully saturated rings. The molecular weight excluding hydrogens is 354 g/mol. The molecule has 0 aliphatic carbocycles. The monoisotopic (exact) mass is 379 g/mol. The summed E-state index contributed by atoms with van der Waals surface area (Å²) in [6.45, 7) is 5.81. The zero-order valence-electron chi connectivity index (χ0n) is 16.3. The van der Waals surface area contributed by atoms with Crippen molar-refractivity contribution < 1.29 is 14.4 Å². The molecule has 1 heterocycles. The van der Waals surface area contributed by atoms with Crippen molar-refractivity contribution in [2.45, 2.75) is 20.3 Å². The van der Waals surface area contributed by atoms with Gasteiger partial charge in [0.1, 0.15) is 0 Å². The zero-order chi connectivity index (χ0) is 20.3. The smallest absolute Gasteiger partial charge is 0.314 e. The van der Waals surface area contributed by atoms with Crippen molar-refractivity contribution in [3.05, 3.63) is 70.3 Å². The lowest BCUT2D eigenvalue weighted by atomic mass is 9.95. The van der Waals surface area contributed by atoms with Crippen molar-refractivity contribution in [2.24, 2.45) is 5.73 Å². The van der Waals surface area contributed by atoms with Gasteiger partial charge in [-0.15, -0.1) is 0 Å². The first-order valence-electron chi connectivity index (χ1n) is 9.43. The molecule has 1 aliphatic rings. The molecular formula is C22H25N3O3. The molecule has 1 saturated heterocycles. The average Bonchev–Trinajstić information content (AvgIpc) is 2.95. The molecule has 146 valence electrons. The summed E-state index contributed by atoms with van der Waals surface area (Å²) in [6.07, 6.45) is 0.655. The van der Waals surface area contributed by atoms with E-state index in [1.54, 1.807) is 40.1 Å². The second kappa shape index (κ2) is 8.25. The van der Waals surface area contributed by atoms with Gasteiger partial charge in [0.25, 0.3) is 5.91 Å². The highest BCUT2D eigenvalue weighted by Crippen LogP contribution is 2.19. The Kier molecular flexibility index (Phi) is 5.78. The van der Waals surface area contributed by atoms with E-state index in [9.17, 15) is 14.4 Å². The van der Waals surface area contributed by atoms with E-state index in [0.717, 1.165) is 11.1 Å². The van der Waals surface area contributed by atoms with Crippen molar-refractivity contribution in [3.63, 3.8) is 0 Å². The van der Waals surface area contributed by atoms with Crippen LogP contribution in [0.25, 0.3) is 0 Å². The summed E-state index contributed by atoms with van der Waals surface area (Å²) < 4.78 is 0. The standard InChI is InChI=1S/C22H25N3O3/c1-15-8-9-17(14-16(15)2)20(26)18-6-3-4-7-19(18)21(27)24-10-5-11-25(13-12-24)22(23)28/h3-4,6-9,14H,5,10-13H2,1-2H3,(H2,23,28). The average molecular weight is 379 g/mol. The van der Waals surface area contributed by atoms with Gasteiger partial charge in [0.05, 0.1) is 5.56 Å². The molecule has 2 aromatic carbocycles. The summed E-state index contributed by atoms with van der Waals surface area (Å²) in [5.74, 6) is -0.361. The van der Waals surface area contributed by atoms with E-state index in [1.807, 2.05) is 26.0 Å². The first-order chi connectivity index (χ1) is 13.4. The Morgan fingerprint density at radius 2 is 1.46 bits per heavy atom. The summed E-state index contributed by atoms with van der Waals surface area (Å²) in [5, 5.41) is 0.